The van der Waals surface area contributed by atoms with Crippen molar-refractivity contribution in [2.24, 2.45) is 34.5 Å². The van der Waals surface area contributed by atoms with Crippen molar-refractivity contribution in [2.45, 2.75) is 127 Å². The molecule has 6 unspecified atom stereocenters. The lowest BCUT2D eigenvalue weighted by Gasteiger charge is -2.58. The highest BCUT2D eigenvalue weighted by atomic mass is 14.6. The minimum atomic E-state index is 0.484. The average Bonchev–Trinajstić information content (AvgIpc) is 3.15. The van der Waals surface area contributed by atoms with E-state index >= 15 is 0 Å². The third-order valence-electron chi connectivity index (χ3n) is 8.44. The van der Waals surface area contributed by atoms with Crippen LogP contribution in [0.25, 0.3) is 0 Å². The number of fused-ring (bicyclic) bond motifs is 5. The molecule has 182 valence electrons. The van der Waals surface area contributed by atoms with E-state index in [4.69, 9.17) is 0 Å². The quantitative estimate of drug-likeness (QED) is 0.363. The van der Waals surface area contributed by atoms with E-state index in [0.717, 1.165) is 23.7 Å². The number of rotatable bonds is 1. The molecule has 0 aromatic rings. The molecule has 0 heterocycles. The Morgan fingerprint density at radius 3 is 2.00 bits per heavy atom. The molecule has 4 aliphatic rings. The topological polar surface area (TPSA) is 0 Å². The molecule has 0 saturated heterocycles. The molecule has 3 saturated carbocycles. The van der Waals surface area contributed by atoms with Gasteiger partial charge >= 0.3 is 0 Å². The minimum Gasteiger partial charge on any atom is -0.103 e. The van der Waals surface area contributed by atoms with Crippen molar-refractivity contribution in [1.29, 1.82) is 0 Å². The SMILES string of the molecule is C=CC1CCC2C3CCC4=CC(=C)CCC4(C)C3CCC12C.CC.CC.CC.CCC. The van der Waals surface area contributed by atoms with Crippen molar-refractivity contribution in [3.05, 3.63) is 36.5 Å². The molecule has 0 nitrogen and oxygen atoms in total. The van der Waals surface area contributed by atoms with Gasteiger partial charge in [0.25, 0.3) is 0 Å². The second-order valence-corrected chi connectivity index (χ2v) is 9.83. The Balaban J connectivity index is 0.000000886. The van der Waals surface area contributed by atoms with Crippen LogP contribution in [0.4, 0.5) is 0 Å². The lowest BCUT2D eigenvalue weighted by molar-refractivity contribution is -0.0438. The van der Waals surface area contributed by atoms with Crippen molar-refractivity contribution in [3.8, 4) is 0 Å². The van der Waals surface area contributed by atoms with Gasteiger partial charge in [0.1, 0.15) is 0 Å². The van der Waals surface area contributed by atoms with E-state index in [-0.39, 0.29) is 0 Å². The maximum atomic E-state index is 4.24. The highest BCUT2D eigenvalue weighted by Crippen LogP contribution is 2.66. The molecule has 4 rings (SSSR count). The van der Waals surface area contributed by atoms with Crippen molar-refractivity contribution >= 4 is 0 Å². The van der Waals surface area contributed by atoms with Gasteiger partial charge in [-0.05, 0) is 85.9 Å². The standard InChI is InChI=1S/C22H32.C3H8.3C2H6/c1-5-16-7-9-19-18-8-6-17-14-15(2)10-12-22(17,4)20(18)11-13-21(16,19)3;1-3-2;3*1-2/h5,14,16,18-20H,1-2,6-13H2,3-4H3;3H2,1-2H3;3*1-2H3. The van der Waals surface area contributed by atoms with E-state index in [1.165, 1.54) is 63.4 Å². The van der Waals surface area contributed by atoms with E-state index < -0.39 is 0 Å². The third kappa shape index (κ3) is 6.17. The van der Waals surface area contributed by atoms with Gasteiger partial charge in [-0.1, -0.05) is 106 Å². The van der Waals surface area contributed by atoms with Crippen LogP contribution >= 0.6 is 0 Å². The van der Waals surface area contributed by atoms with Crippen LogP contribution in [0.5, 0.6) is 0 Å². The van der Waals surface area contributed by atoms with Crippen LogP contribution in [0.2, 0.25) is 0 Å². The molecule has 6 atom stereocenters. The van der Waals surface area contributed by atoms with Gasteiger partial charge in [0.15, 0.2) is 0 Å². The first-order chi connectivity index (χ1) is 14.9. The van der Waals surface area contributed by atoms with Crippen molar-refractivity contribution in [3.63, 3.8) is 0 Å². The normalized spacial score (nSPS) is 37.1. The molecule has 0 aliphatic heterocycles. The smallest absolute Gasteiger partial charge is 0.00790 e. The molecular weight excluding hydrogens is 372 g/mol. The molecule has 4 aliphatic carbocycles. The zero-order chi connectivity index (χ0) is 24.2. The van der Waals surface area contributed by atoms with E-state index in [1.54, 1.807) is 5.57 Å². The Morgan fingerprint density at radius 1 is 0.871 bits per heavy atom. The number of allylic oxidation sites excluding steroid dienone is 4. The predicted molar refractivity (Wildman–Crippen MR) is 145 cm³/mol. The first-order valence-electron chi connectivity index (χ1n) is 13.9. The van der Waals surface area contributed by atoms with Crippen molar-refractivity contribution < 1.29 is 0 Å². The van der Waals surface area contributed by atoms with Gasteiger partial charge in [-0.25, -0.2) is 0 Å². The van der Waals surface area contributed by atoms with Crippen molar-refractivity contribution in [2.75, 3.05) is 0 Å². The van der Waals surface area contributed by atoms with Crippen LogP contribution in [0.3, 0.4) is 0 Å². The minimum absolute atomic E-state index is 0.484. The molecule has 0 N–H and O–H groups in total. The lowest BCUT2D eigenvalue weighted by Crippen LogP contribution is -2.49. The molecule has 0 radical (unpaired) electrons. The molecule has 0 heteroatoms. The summed E-state index contributed by atoms with van der Waals surface area (Å²) >= 11 is 0. The van der Waals surface area contributed by atoms with E-state index in [0.29, 0.717) is 10.8 Å². The number of hydrogen-bond donors (Lipinski definition) is 0. The van der Waals surface area contributed by atoms with Crippen LogP contribution in [0, 0.1) is 34.5 Å². The molecule has 0 aromatic heterocycles. The van der Waals surface area contributed by atoms with Crippen LogP contribution < -0.4 is 0 Å². The van der Waals surface area contributed by atoms with Crippen LogP contribution in [-0.4, -0.2) is 0 Å². The summed E-state index contributed by atoms with van der Waals surface area (Å²) in [7, 11) is 0. The summed E-state index contributed by atoms with van der Waals surface area (Å²) in [6, 6.07) is 0. The molecule has 31 heavy (non-hydrogen) atoms. The fraction of sp³-hybridized carbons (Fsp3) is 0.806. The number of hydrogen-bond acceptors (Lipinski definition) is 0. The fourth-order valence-electron chi connectivity index (χ4n) is 7.08. The Hall–Kier alpha value is -0.780. The molecule has 0 aromatic carbocycles. The zero-order valence-corrected chi connectivity index (χ0v) is 23.2. The summed E-state index contributed by atoms with van der Waals surface area (Å²) < 4.78 is 0. The largest absolute Gasteiger partial charge is 0.103 e. The first kappa shape index (κ1) is 30.2. The summed E-state index contributed by atoms with van der Waals surface area (Å²) in [5.41, 5.74) is 4.15. The Labute approximate surface area is 198 Å². The van der Waals surface area contributed by atoms with Gasteiger partial charge in [-0.15, -0.1) is 6.58 Å². The average molecular weight is 431 g/mol. The molecule has 3 fully saturated rings. The second-order valence-electron chi connectivity index (χ2n) is 9.83. The van der Waals surface area contributed by atoms with Crippen LogP contribution in [0.15, 0.2) is 36.5 Å². The maximum Gasteiger partial charge on any atom is -0.00790 e. The van der Waals surface area contributed by atoms with Gasteiger partial charge in [0.2, 0.25) is 0 Å². The molecular formula is C31H58. The molecule has 0 amide bonds. The van der Waals surface area contributed by atoms with Crippen LogP contribution in [0.1, 0.15) is 127 Å². The molecule has 0 spiro atoms. The third-order valence-corrected chi connectivity index (χ3v) is 8.44. The summed E-state index contributed by atoms with van der Waals surface area (Å²) in [6.45, 7) is 29.8. The van der Waals surface area contributed by atoms with Crippen LogP contribution in [-0.2, 0) is 0 Å². The van der Waals surface area contributed by atoms with Gasteiger partial charge in [-0.3, -0.25) is 0 Å². The summed E-state index contributed by atoms with van der Waals surface area (Å²) in [5, 5.41) is 0. The monoisotopic (exact) mass is 430 g/mol. The fourth-order valence-corrected chi connectivity index (χ4v) is 7.08. The lowest BCUT2D eigenvalue weighted by atomic mass is 9.47. The van der Waals surface area contributed by atoms with E-state index in [2.05, 4.69) is 53.0 Å². The van der Waals surface area contributed by atoms with E-state index in [9.17, 15) is 0 Å². The highest BCUT2D eigenvalue weighted by Gasteiger charge is 2.58. The van der Waals surface area contributed by atoms with E-state index in [1.807, 2.05) is 41.5 Å². The van der Waals surface area contributed by atoms with Crippen molar-refractivity contribution in [1.82, 2.24) is 0 Å². The first-order valence-corrected chi connectivity index (χ1v) is 13.9. The highest BCUT2D eigenvalue weighted by molar-refractivity contribution is 5.33. The summed E-state index contributed by atoms with van der Waals surface area (Å²) in [4.78, 5) is 0. The molecule has 0 bridgehead atoms. The van der Waals surface area contributed by atoms with Gasteiger partial charge in [-0.2, -0.15) is 0 Å². The second kappa shape index (κ2) is 14.4. The summed E-state index contributed by atoms with van der Waals surface area (Å²) in [5.74, 6) is 3.63. The maximum absolute atomic E-state index is 4.24. The predicted octanol–water partition coefficient (Wildman–Crippen LogP) is 10.8. The Morgan fingerprint density at radius 2 is 1.45 bits per heavy atom. The Kier molecular flexibility index (Phi) is 14.0. The van der Waals surface area contributed by atoms with Gasteiger partial charge in [0, 0.05) is 0 Å². The Bertz CT molecular complexity index is 552. The van der Waals surface area contributed by atoms with Gasteiger partial charge in [0.05, 0.1) is 0 Å². The summed E-state index contributed by atoms with van der Waals surface area (Å²) in [6.07, 6.45) is 17.1. The van der Waals surface area contributed by atoms with Gasteiger partial charge < -0.3 is 0 Å². The zero-order valence-electron chi connectivity index (χ0n) is 23.2.